The standard InChI is InChI=1S/C26H26N2O2/c1-27-20-11-8-10-19(17-20)9-6-7-16-28-26(29)30-18-25-23-14-4-2-12-21(23)22-13-3-5-15-24(22)25/h2-6,8-15,17,25,27H,7,16,18H2,1H3,(H,28,29). The van der Waals surface area contributed by atoms with Crippen LogP contribution in [-0.2, 0) is 4.74 Å². The fourth-order valence-electron chi connectivity index (χ4n) is 3.92. The van der Waals surface area contributed by atoms with E-state index >= 15 is 0 Å². The molecule has 3 aromatic carbocycles. The van der Waals surface area contributed by atoms with Gasteiger partial charge in [0.1, 0.15) is 6.61 Å². The topological polar surface area (TPSA) is 50.4 Å². The first kappa shape index (κ1) is 19.8. The summed E-state index contributed by atoms with van der Waals surface area (Å²) in [6, 6.07) is 24.8. The van der Waals surface area contributed by atoms with Crippen molar-refractivity contribution in [2.75, 3.05) is 25.5 Å². The monoisotopic (exact) mass is 398 g/mol. The molecule has 152 valence electrons. The summed E-state index contributed by atoms with van der Waals surface area (Å²) in [7, 11) is 1.90. The zero-order chi connectivity index (χ0) is 20.8. The Morgan fingerprint density at radius 1 is 0.967 bits per heavy atom. The summed E-state index contributed by atoms with van der Waals surface area (Å²) in [5.74, 6) is 0.0856. The molecule has 0 heterocycles. The number of rotatable bonds is 7. The van der Waals surface area contributed by atoms with Gasteiger partial charge in [0.2, 0.25) is 0 Å². The van der Waals surface area contributed by atoms with Gasteiger partial charge in [-0.05, 0) is 46.4 Å². The molecule has 4 rings (SSSR count). The SMILES string of the molecule is CNc1cccc(C=CCCNC(=O)OCC2c3ccccc3-c3ccccc32)c1. The molecule has 0 aliphatic heterocycles. The molecule has 0 bridgehead atoms. The molecule has 0 unspecified atom stereocenters. The van der Waals surface area contributed by atoms with Crippen LogP contribution in [0.15, 0.2) is 78.9 Å². The molecule has 1 aliphatic carbocycles. The number of carbonyl (C=O) groups excluding carboxylic acids is 1. The minimum Gasteiger partial charge on any atom is -0.449 e. The Hall–Kier alpha value is -3.53. The van der Waals surface area contributed by atoms with Crippen LogP contribution >= 0.6 is 0 Å². The van der Waals surface area contributed by atoms with E-state index in [0.29, 0.717) is 13.2 Å². The number of alkyl carbamates (subject to hydrolysis) is 1. The van der Waals surface area contributed by atoms with Crippen molar-refractivity contribution in [3.8, 4) is 11.1 Å². The molecule has 0 fully saturated rings. The first-order chi connectivity index (χ1) is 14.8. The zero-order valence-corrected chi connectivity index (χ0v) is 17.1. The van der Waals surface area contributed by atoms with E-state index in [-0.39, 0.29) is 12.0 Å². The van der Waals surface area contributed by atoms with E-state index in [9.17, 15) is 4.79 Å². The van der Waals surface area contributed by atoms with Crippen LogP contribution in [0, 0.1) is 0 Å². The van der Waals surface area contributed by atoms with Crippen LogP contribution in [0.3, 0.4) is 0 Å². The molecule has 0 radical (unpaired) electrons. The highest BCUT2D eigenvalue weighted by Gasteiger charge is 2.28. The molecule has 0 atom stereocenters. The van der Waals surface area contributed by atoms with Gasteiger partial charge in [-0.1, -0.05) is 72.8 Å². The van der Waals surface area contributed by atoms with Crippen molar-refractivity contribution in [2.45, 2.75) is 12.3 Å². The first-order valence-corrected chi connectivity index (χ1v) is 10.3. The van der Waals surface area contributed by atoms with Gasteiger partial charge in [-0.15, -0.1) is 0 Å². The van der Waals surface area contributed by atoms with Crippen molar-refractivity contribution < 1.29 is 9.53 Å². The normalized spacial score (nSPS) is 12.4. The Morgan fingerprint density at radius 2 is 1.67 bits per heavy atom. The van der Waals surface area contributed by atoms with Gasteiger partial charge in [0.25, 0.3) is 0 Å². The molecule has 0 spiro atoms. The van der Waals surface area contributed by atoms with Gasteiger partial charge in [0.15, 0.2) is 0 Å². The van der Waals surface area contributed by atoms with Crippen LogP contribution in [0.25, 0.3) is 17.2 Å². The van der Waals surface area contributed by atoms with Crippen molar-refractivity contribution in [3.05, 3.63) is 95.6 Å². The van der Waals surface area contributed by atoms with Crippen LogP contribution in [0.5, 0.6) is 0 Å². The Balaban J connectivity index is 1.27. The Bertz CT molecular complexity index is 1010. The summed E-state index contributed by atoms with van der Waals surface area (Å²) in [6.45, 7) is 0.880. The predicted octanol–water partition coefficient (Wildman–Crippen LogP) is 5.67. The van der Waals surface area contributed by atoms with Crippen LogP contribution in [0.4, 0.5) is 10.5 Å². The van der Waals surface area contributed by atoms with Crippen molar-refractivity contribution in [1.29, 1.82) is 0 Å². The van der Waals surface area contributed by atoms with E-state index in [1.54, 1.807) is 0 Å². The van der Waals surface area contributed by atoms with Gasteiger partial charge >= 0.3 is 6.09 Å². The number of hydrogen-bond acceptors (Lipinski definition) is 3. The molecule has 1 aliphatic rings. The Morgan fingerprint density at radius 3 is 2.37 bits per heavy atom. The second kappa shape index (κ2) is 9.31. The number of fused-ring (bicyclic) bond motifs is 3. The molecular formula is C26H26N2O2. The average molecular weight is 399 g/mol. The van der Waals surface area contributed by atoms with Crippen LogP contribution in [0.1, 0.15) is 29.0 Å². The number of amides is 1. The fourth-order valence-corrected chi connectivity index (χ4v) is 3.92. The minimum absolute atomic E-state index is 0.0856. The molecule has 0 saturated carbocycles. The van der Waals surface area contributed by atoms with Crippen LogP contribution in [0.2, 0.25) is 0 Å². The quantitative estimate of drug-likeness (QED) is 0.504. The highest BCUT2D eigenvalue weighted by Crippen LogP contribution is 2.44. The van der Waals surface area contributed by atoms with Crippen molar-refractivity contribution >= 4 is 17.9 Å². The third-order valence-corrected chi connectivity index (χ3v) is 5.41. The van der Waals surface area contributed by atoms with Gasteiger partial charge in [-0.2, -0.15) is 0 Å². The molecule has 4 heteroatoms. The number of anilines is 1. The maximum atomic E-state index is 12.2. The third-order valence-electron chi connectivity index (χ3n) is 5.41. The first-order valence-electron chi connectivity index (χ1n) is 10.3. The van der Waals surface area contributed by atoms with E-state index < -0.39 is 0 Å². The molecule has 2 N–H and O–H groups in total. The molecule has 4 nitrogen and oxygen atoms in total. The summed E-state index contributed by atoms with van der Waals surface area (Å²) < 4.78 is 5.55. The van der Waals surface area contributed by atoms with Gasteiger partial charge in [-0.3, -0.25) is 0 Å². The van der Waals surface area contributed by atoms with Gasteiger partial charge in [0, 0.05) is 25.2 Å². The molecule has 3 aromatic rings. The molecule has 0 saturated heterocycles. The summed E-state index contributed by atoms with van der Waals surface area (Å²) in [6.07, 6.45) is 4.48. The lowest BCUT2D eigenvalue weighted by Gasteiger charge is -2.14. The molecular weight excluding hydrogens is 372 g/mol. The Labute approximate surface area is 177 Å². The lowest BCUT2D eigenvalue weighted by molar-refractivity contribution is 0.143. The second-order valence-electron chi connectivity index (χ2n) is 7.32. The highest BCUT2D eigenvalue weighted by atomic mass is 16.5. The number of nitrogens with one attached hydrogen (secondary N) is 2. The lowest BCUT2D eigenvalue weighted by atomic mass is 9.98. The smallest absolute Gasteiger partial charge is 0.407 e. The van der Waals surface area contributed by atoms with Gasteiger partial charge in [0.05, 0.1) is 0 Å². The minimum atomic E-state index is -0.373. The average Bonchev–Trinajstić information content (AvgIpc) is 3.11. The maximum absolute atomic E-state index is 12.2. The molecule has 0 aromatic heterocycles. The lowest BCUT2D eigenvalue weighted by Crippen LogP contribution is -2.26. The van der Waals surface area contributed by atoms with Gasteiger partial charge in [-0.25, -0.2) is 4.79 Å². The van der Waals surface area contributed by atoms with Crippen molar-refractivity contribution in [2.24, 2.45) is 0 Å². The van der Waals surface area contributed by atoms with E-state index in [1.807, 2.05) is 43.4 Å². The van der Waals surface area contributed by atoms with Crippen molar-refractivity contribution in [1.82, 2.24) is 5.32 Å². The predicted molar refractivity (Wildman–Crippen MR) is 123 cm³/mol. The summed E-state index contributed by atoms with van der Waals surface area (Å²) in [5, 5.41) is 5.96. The molecule has 30 heavy (non-hydrogen) atoms. The van der Waals surface area contributed by atoms with Crippen LogP contribution < -0.4 is 10.6 Å². The number of benzene rings is 3. The second-order valence-corrected chi connectivity index (χ2v) is 7.32. The van der Waals surface area contributed by atoms with E-state index in [0.717, 1.165) is 17.7 Å². The van der Waals surface area contributed by atoms with E-state index in [4.69, 9.17) is 4.74 Å². The highest BCUT2D eigenvalue weighted by molar-refractivity contribution is 5.79. The van der Waals surface area contributed by atoms with Crippen molar-refractivity contribution in [3.63, 3.8) is 0 Å². The van der Waals surface area contributed by atoms with Crippen LogP contribution in [-0.4, -0.2) is 26.3 Å². The zero-order valence-electron chi connectivity index (χ0n) is 17.1. The summed E-state index contributed by atoms with van der Waals surface area (Å²) in [4.78, 5) is 12.2. The largest absolute Gasteiger partial charge is 0.449 e. The maximum Gasteiger partial charge on any atom is 0.407 e. The number of ether oxygens (including phenoxy) is 1. The van der Waals surface area contributed by atoms with Gasteiger partial charge < -0.3 is 15.4 Å². The summed E-state index contributed by atoms with van der Waals surface area (Å²) >= 11 is 0. The third kappa shape index (κ3) is 4.38. The Kier molecular flexibility index (Phi) is 6.14. The summed E-state index contributed by atoms with van der Waals surface area (Å²) in [5.41, 5.74) is 7.11. The number of carbonyl (C=O) groups is 1. The number of hydrogen-bond donors (Lipinski definition) is 2. The molecule has 1 amide bonds. The van der Waals surface area contributed by atoms with E-state index in [1.165, 1.54) is 22.3 Å². The van der Waals surface area contributed by atoms with E-state index in [2.05, 4.69) is 59.2 Å². The fraction of sp³-hybridized carbons (Fsp3) is 0.192.